The molecule has 0 spiro atoms. The fourth-order valence-corrected chi connectivity index (χ4v) is 5.50. The summed E-state index contributed by atoms with van der Waals surface area (Å²) in [6.07, 6.45) is 1.81. The number of aromatic nitrogens is 1. The summed E-state index contributed by atoms with van der Waals surface area (Å²) >= 11 is 0. The number of hydrogen-bond acceptors (Lipinski definition) is 5. The molecule has 1 unspecified atom stereocenters. The molecule has 1 aliphatic heterocycles. The minimum atomic E-state index is -3.57. The van der Waals surface area contributed by atoms with Crippen molar-refractivity contribution in [3.05, 3.63) is 60.8 Å². The van der Waals surface area contributed by atoms with Crippen molar-refractivity contribution in [3.8, 4) is 0 Å². The second-order valence-corrected chi connectivity index (χ2v) is 9.83. The molecule has 1 N–H and O–H groups in total. The predicted molar refractivity (Wildman–Crippen MR) is 127 cm³/mol. The summed E-state index contributed by atoms with van der Waals surface area (Å²) in [5.74, 6) is -0.895. The maximum absolute atomic E-state index is 12.8. The van der Waals surface area contributed by atoms with E-state index in [0.29, 0.717) is 24.5 Å². The van der Waals surface area contributed by atoms with Crippen LogP contribution < -0.4 is 10.2 Å². The van der Waals surface area contributed by atoms with E-state index >= 15 is 0 Å². The highest BCUT2D eigenvalue weighted by Crippen LogP contribution is 2.28. The maximum Gasteiger partial charge on any atom is 0.243 e. The van der Waals surface area contributed by atoms with Gasteiger partial charge in [0.2, 0.25) is 21.8 Å². The van der Waals surface area contributed by atoms with Crippen molar-refractivity contribution in [3.63, 3.8) is 0 Å². The summed E-state index contributed by atoms with van der Waals surface area (Å²) in [5, 5.41) is 3.81. The molecular formula is C24H26N4O4S. The lowest BCUT2D eigenvalue weighted by molar-refractivity contribution is -0.122. The summed E-state index contributed by atoms with van der Waals surface area (Å²) in [6, 6.07) is 15.5. The zero-order valence-electron chi connectivity index (χ0n) is 18.6. The van der Waals surface area contributed by atoms with Gasteiger partial charge in [0.15, 0.2) is 0 Å². The van der Waals surface area contributed by atoms with Crippen molar-refractivity contribution in [2.75, 3.05) is 29.9 Å². The summed E-state index contributed by atoms with van der Waals surface area (Å²) in [4.78, 5) is 31.4. The Morgan fingerprint density at radius 2 is 1.85 bits per heavy atom. The summed E-state index contributed by atoms with van der Waals surface area (Å²) in [5.41, 5.74) is 2.06. The third-order valence-corrected chi connectivity index (χ3v) is 7.92. The van der Waals surface area contributed by atoms with E-state index in [9.17, 15) is 18.0 Å². The van der Waals surface area contributed by atoms with Gasteiger partial charge in [-0.05, 0) is 48.5 Å². The first-order chi connectivity index (χ1) is 15.8. The number of nitrogens with one attached hydrogen (secondary N) is 1. The highest BCUT2D eigenvalue weighted by atomic mass is 32.2. The monoisotopic (exact) mass is 466 g/mol. The van der Waals surface area contributed by atoms with E-state index in [1.165, 1.54) is 21.3 Å². The molecule has 4 rings (SSSR count). The molecule has 33 heavy (non-hydrogen) atoms. The van der Waals surface area contributed by atoms with Gasteiger partial charge in [0.05, 0.1) is 16.3 Å². The van der Waals surface area contributed by atoms with Crippen LogP contribution >= 0.6 is 0 Å². The average molecular weight is 467 g/mol. The van der Waals surface area contributed by atoms with Gasteiger partial charge >= 0.3 is 0 Å². The van der Waals surface area contributed by atoms with Gasteiger partial charge in [-0.25, -0.2) is 8.42 Å². The number of benzene rings is 2. The lowest BCUT2D eigenvalue weighted by atomic mass is 10.1. The molecule has 8 nitrogen and oxygen atoms in total. The molecule has 3 aromatic rings. The number of carbonyl (C=O) groups excluding carboxylic acids is 2. The molecule has 0 aliphatic carbocycles. The molecule has 1 aromatic heterocycles. The van der Waals surface area contributed by atoms with E-state index in [4.69, 9.17) is 0 Å². The van der Waals surface area contributed by atoms with Gasteiger partial charge in [-0.1, -0.05) is 19.9 Å². The molecule has 0 radical (unpaired) electrons. The van der Waals surface area contributed by atoms with Gasteiger partial charge in [-0.2, -0.15) is 4.31 Å². The summed E-state index contributed by atoms with van der Waals surface area (Å²) in [6.45, 7) is 4.59. The second kappa shape index (κ2) is 9.29. The molecule has 2 aromatic carbocycles. The Bertz CT molecular complexity index is 1290. The smallest absolute Gasteiger partial charge is 0.243 e. The van der Waals surface area contributed by atoms with Gasteiger partial charge in [0, 0.05) is 49.0 Å². The average Bonchev–Trinajstić information content (AvgIpc) is 3.21. The number of pyridine rings is 1. The normalized spacial score (nSPS) is 16.5. The Labute approximate surface area is 193 Å². The zero-order chi connectivity index (χ0) is 23.6. The SMILES string of the molecule is CCN(CC)S(=O)(=O)c1ccc(N2CC(C(=O)Nc3ccc4ncccc4c3)CC2=O)cc1. The van der Waals surface area contributed by atoms with Crippen molar-refractivity contribution in [2.45, 2.75) is 25.2 Å². The molecule has 1 aliphatic rings. The van der Waals surface area contributed by atoms with E-state index in [2.05, 4.69) is 10.3 Å². The maximum atomic E-state index is 12.8. The van der Waals surface area contributed by atoms with E-state index in [-0.39, 0.29) is 29.7 Å². The van der Waals surface area contributed by atoms with Crippen LogP contribution in [0.2, 0.25) is 0 Å². The lowest BCUT2D eigenvalue weighted by Crippen LogP contribution is -2.31. The summed E-state index contributed by atoms with van der Waals surface area (Å²) < 4.78 is 26.7. The number of sulfonamides is 1. The van der Waals surface area contributed by atoms with Crippen LogP contribution in [0.3, 0.4) is 0 Å². The highest BCUT2D eigenvalue weighted by molar-refractivity contribution is 7.89. The molecule has 9 heteroatoms. The minimum absolute atomic E-state index is 0.0977. The number of fused-ring (bicyclic) bond motifs is 1. The van der Waals surface area contributed by atoms with Crippen LogP contribution in [0.4, 0.5) is 11.4 Å². The van der Waals surface area contributed by atoms with Gasteiger partial charge in [0.25, 0.3) is 0 Å². The Kier molecular flexibility index (Phi) is 6.44. The Morgan fingerprint density at radius 1 is 1.12 bits per heavy atom. The first-order valence-corrected chi connectivity index (χ1v) is 12.3. The number of nitrogens with zero attached hydrogens (tertiary/aromatic N) is 3. The molecule has 2 amide bonds. The number of amides is 2. The number of rotatable bonds is 7. The number of anilines is 2. The quantitative estimate of drug-likeness (QED) is 0.576. The van der Waals surface area contributed by atoms with Crippen LogP contribution in [-0.2, 0) is 19.6 Å². The third-order valence-electron chi connectivity index (χ3n) is 5.86. The highest BCUT2D eigenvalue weighted by Gasteiger charge is 2.35. The second-order valence-electron chi connectivity index (χ2n) is 7.89. The number of carbonyl (C=O) groups is 2. The predicted octanol–water partition coefficient (Wildman–Crippen LogP) is 3.26. The molecule has 0 saturated carbocycles. The van der Waals surface area contributed by atoms with E-state index in [1.807, 2.05) is 24.3 Å². The van der Waals surface area contributed by atoms with Crippen molar-refractivity contribution in [1.82, 2.24) is 9.29 Å². The van der Waals surface area contributed by atoms with E-state index < -0.39 is 15.9 Å². The topological polar surface area (TPSA) is 99.7 Å². The van der Waals surface area contributed by atoms with Crippen molar-refractivity contribution < 1.29 is 18.0 Å². The first kappa shape index (κ1) is 22.9. The number of hydrogen-bond donors (Lipinski definition) is 1. The van der Waals surface area contributed by atoms with Crippen LogP contribution in [0.1, 0.15) is 20.3 Å². The van der Waals surface area contributed by atoms with Crippen LogP contribution in [0.5, 0.6) is 0 Å². The third kappa shape index (κ3) is 4.60. The van der Waals surface area contributed by atoms with Crippen LogP contribution in [0.15, 0.2) is 65.7 Å². The van der Waals surface area contributed by atoms with E-state index in [0.717, 1.165) is 10.9 Å². The molecule has 1 saturated heterocycles. The van der Waals surface area contributed by atoms with Crippen LogP contribution in [-0.4, -0.2) is 49.2 Å². The van der Waals surface area contributed by atoms with Gasteiger partial charge < -0.3 is 10.2 Å². The molecule has 0 bridgehead atoms. The largest absolute Gasteiger partial charge is 0.326 e. The fraction of sp³-hybridized carbons (Fsp3) is 0.292. The first-order valence-electron chi connectivity index (χ1n) is 10.9. The zero-order valence-corrected chi connectivity index (χ0v) is 19.4. The Morgan fingerprint density at radius 3 is 2.55 bits per heavy atom. The van der Waals surface area contributed by atoms with Gasteiger partial charge in [0.1, 0.15) is 0 Å². The Hall–Kier alpha value is -3.30. The van der Waals surface area contributed by atoms with Crippen LogP contribution in [0, 0.1) is 5.92 Å². The van der Waals surface area contributed by atoms with Gasteiger partial charge in [-0.3, -0.25) is 14.6 Å². The molecule has 1 atom stereocenters. The molecule has 2 heterocycles. The van der Waals surface area contributed by atoms with E-state index in [1.54, 1.807) is 38.2 Å². The minimum Gasteiger partial charge on any atom is -0.326 e. The van der Waals surface area contributed by atoms with Crippen molar-refractivity contribution in [2.24, 2.45) is 5.92 Å². The van der Waals surface area contributed by atoms with Gasteiger partial charge in [-0.15, -0.1) is 0 Å². The standard InChI is InChI=1S/C24H26N4O4S/c1-3-27(4-2)33(31,32)21-10-8-20(9-11-21)28-16-18(15-23(28)29)24(30)26-19-7-12-22-17(14-19)6-5-13-25-22/h5-14,18H,3-4,15-16H2,1-2H3,(H,26,30). The lowest BCUT2D eigenvalue weighted by Gasteiger charge is -2.20. The fourth-order valence-electron chi connectivity index (χ4n) is 4.04. The Balaban J connectivity index is 1.45. The van der Waals surface area contributed by atoms with Crippen LogP contribution in [0.25, 0.3) is 10.9 Å². The molecule has 172 valence electrons. The molecule has 1 fully saturated rings. The van der Waals surface area contributed by atoms with Crippen molar-refractivity contribution in [1.29, 1.82) is 0 Å². The van der Waals surface area contributed by atoms with Crippen molar-refractivity contribution >= 4 is 44.1 Å². The summed E-state index contributed by atoms with van der Waals surface area (Å²) in [7, 11) is -3.57. The molecular weight excluding hydrogens is 440 g/mol.